The molecule has 0 bridgehead atoms. The summed E-state index contributed by atoms with van der Waals surface area (Å²) >= 11 is 0. The molecular formula is C21H23F2N3O4S. The molecule has 3 rings (SSSR count). The third kappa shape index (κ3) is 4.75. The fourth-order valence-electron chi connectivity index (χ4n) is 3.43. The average molecular weight is 451 g/mol. The van der Waals surface area contributed by atoms with Gasteiger partial charge < -0.3 is 9.80 Å². The lowest BCUT2D eigenvalue weighted by atomic mass is 10.1. The molecule has 7 nitrogen and oxygen atoms in total. The van der Waals surface area contributed by atoms with Crippen LogP contribution in [0.15, 0.2) is 47.4 Å². The molecular weight excluding hydrogens is 428 g/mol. The van der Waals surface area contributed by atoms with Crippen molar-refractivity contribution in [2.45, 2.75) is 18.7 Å². The molecule has 0 N–H and O–H groups in total. The van der Waals surface area contributed by atoms with E-state index in [1.54, 1.807) is 11.8 Å². The molecule has 166 valence electrons. The van der Waals surface area contributed by atoms with Gasteiger partial charge in [0, 0.05) is 57.0 Å². The van der Waals surface area contributed by atoms with Crippen LogP contribution in [0.3, 0.4) is 0 Å². The minimum Gasteiger partial charge on any atom is -0.340 e. The molecule has 1 fully saturated rings. The maximum atomic E-state index is 13.6. The van der Waals surface area contributed by atoms with Crippen LogP contribution in [0.4, 0.5) is 14.5 Å². The molecule has 2 amide bonds. The van der Waals surface area contributed by atoms with Crippen LogP contribution in [0.2, 0.25) is 0 Å². The highest BCUT2D eigenvalue weighted by Gasteiger charge is 2.30. The lowest BCUT2D eigenvalue weighted by Crippen LogP contribution is -2.49. The van der Waals surface area contributed by atoms with Crippen molar-refractivity contribution < 1.29 is 26.8 Å². The highest BCUT2D eigenvalue weighted by atomic mass is 32.2. The molecule has 1 aliphatic rings. The van der Waals surface area contributed by atoms with Crippen LogP contribution < -0.4 is 4.90 Å². The van der Waals surface area contributed by atoms with Crippen LogP contribution in [-0.2, 0) is 14.8 Å². The molecule has 2 aromatic carbocycles. The maximum absolute atomic E-state index is 13.6. The summed E-state index contributed by atoms with van der Waals surface area (Å²) in [6, 6.07) is 8.75. The van der Waals surface area contributed by atoms with Gasteiger partial charge in [-0.3, -0.25) is 9.59 Å². The normalized spacial score (nSPS) is 15.0. The summed E-state index contributed by atoms with van der Waals surface area (Å²) in [6.07, 6.45) is 0. The van der Waals surface area contributed by atoms with Gasteiger partial charge in [0.15, 0.2) is 11.6 Å². The van der Waals surface area contributed by atoms with Gasteiger partial charge in [-0.1, -0.05) is 6.07 Å². The standard InChI is InChI=1S/C21H23F2N3O4S/c1-3-26(17-7-8-19(22)20(23)14-17)21(28)16-5-4-6-18(13-16)31(29,30)25-11-9-24(10-12-25)15(2)27/h4-8,13-14H,3,9-12H2,1-2H3. The number of carbonyl (C=O) groups is 2. The van der Waals surface area contributed by atoms with Gasteiger partial charge in [-0.15, -0.1) is 0 Å². The number of halogens is 2. The van der Waals surface area contributed by atoms with Gasteiger partial charge in [0.05, 0.1) is 4.90 Å². The highest BCUT2D eigenvalue weighted by Crippen LogP contribution is 2.23. The molecule has 1 heterocycles. The molecule has 31 heavy (non-hydrogen) atoms. The Labute approximate surface area is 179 Å². The van der Waals surface area contributed by atoms with Crippen molar-refractivity contribution in [3.05, 3.63) is 59.7 Å². The Morgan fingerprint density at radius 1 is 1.00 bits per heavy atom. The second-order valence-corrected chi connectivity index (χ2v) is 9.02. The number of amides is 2. The molecule has 1 aliphatic heterocycles. The predicted octanol–water partition coefficient (Wildman–Crippen LogP) is 2.48. The zero-order chi connectivity index (χ0) is 22.8. The average Bonchev–Trinajstić information content (AvgIpc) is 2.76. The summed E-state index contributed by atoms with van der Waals surface area (Å²) < 4.78 is 54.2. The number of rotatable bonds is 5. The Bertz CT molecular complexity index is 1100. The number of hydrogen-bond donors (Lipinski definition) is 0. The molecule has 1 saturated heterocycles. The summed E-state index contributed by atoms with van der Waals surface area (Å²) in [4.78, 5) is 27.2. The number of carbonyl (C=O) groups excluding carboxylic acids is 2. The predicted molar refractivity (Wildman–Crippen MR) is 111 cm³/mol. The summed E-state index contributed by atoms with van der Waals surface area (Å²) in [6.45, 7) is 4.21. The summed E-state index contributed by atoms with van der Waals surface area (Å²) in [5, 5.41) is 0. The maximum Gasteiger partial charge on any atom is 0.258 e. The van der Waals surface area contributed by atoms with Crippen LogP contribution in [0, 0.1) is 11.6 Å². The topological polar surface area (TPSA) is 78.0 Å². The molecule has 0 saturated carbocycles. The Morgan fingerprint density at radius 2 is 1.68 bits per heavy atom. The Balaban J connectivity index is 1.85. The van der Waals surface area contributed by atoms with Crippen LogP contribution in [0.25, 0.3) is 0 Å². The molecule has 0 spiro atoms. The quantitative estimate of drug-likeness (QED) is 0.700. The molecule has 0 unspecified atom stereocenters. The lowest BCUT2D eigenvalue weighted by molar-refractivity contribution is -0.129. The molecule has 10 heteroatoms. The molecule has 0 aromatic heterocycles. The third-order valence-electron chi connectivity index (χ3n) is 5.18. The monoisotopic (exact) mass is 451 g/mol. The Kier molecular flexibility index (Phi) is 6.71. The van der Waals surface area contributed by atoms with E-state index in [2.05, 4.69) is 0 Å². The number of hydrogen-bond acceptors (Lipinski definition) is 4. The van der Waals surface area contributed by atoms with Gasteiger partial charge in [-0.05, 0) is 37.3 Å². The molecule has 0 aliphatic carbocycles. The van der Waals surface area contributed by atoms with Crippen molar-refractivity contribution in [3.8, 4) is 0 Å². The highest BCUT2D eigenvalue weighted by molar-refractivity contribution is 7.89. The Morgan fingerprint density at radius 3 is 2.26 bits per heavy atom. The first-order chi connectivity index (χ1) is 14.6. The molecule has 2 aromatic rings. The first-order valence-electron chi connectivity index (χ1n) is 9.77. The van der Waals surface area contributed by atoms with Crippen molar-refractivity contribution >= 4 is 27.5 Å². The van der Waals surface area contributed by atoms with Crippen molar-refractivity contribution in [1.29, 1.82) is 0 Å². The SMILES string of the molecule is CCN(C(=O)c1cccc(S(=O)(=O)N2CCN(C(C)=O)CC2)c1)c1ccc(F)c(F)c1. The number of sulfonamides is 1. The van der Waals surface area contributed by atoms with Gasteiger partial charge >= 0.3 is 0 Å². The Hall–Kier alpha value is -2.85. The smallest absolute Gasteiger partial charge is 0.258 e. The van der Waals surface area contributed by atoms with Gasteiger partial charge in [-0.2, -0.15) is 4.31 Å². The van der Waals surface area contributed by atoms with E-state index < -0.39 is 27.6 Å². The van der Waals surface area contributed by atoms with Gasteiger partial charge in [0.1, 0.15) is 0 Å². The second-order valence-electron chi connectivity index (χ2n) is 7.09. The number of nitrogens with zero attached hydrogens (tertiary/aromatic N) is 3. The van der Waals surface area contributed by atoms with Crippen LogP contribution in [0.5, 0.6) is 0 Å². The fraction of sp³-hybridized carbons (Fsp3) is 0.333. The van der Waals surface area contributed by atoms with E-state index in [0.717, 1.165) is 12.1 Å². The van der Waals surface area contributed by atoms with Crippen LogP contribution in [-0.4, -0.2) is 62.2 Å². The van der Waals surface area contributed by atoms with E-state index >= 15 is 0 Å². The van der Waals surface area contributed by atoms with Crippen molar-refractivity contribution in [2.75, 3.05) is 37.6 Å². The van der Waals surface area contributed by atoms with E-state index in [9.17, 15) is 26.8 Å². The van der Waals surface area contributed by atoms with Crippen molar-refractivity contribution in [3.63, 3.8) is 0 Å². The van der Waals surface area contributed by atoms with Gasteiger partial charge in [-0.25, -0.2) is 17.2 Å². The van der Waals surface area contributed by atoms with Crippen LogP contribution >= 0.6 is 0 Å². The summed E-state index contributed by atoms with van der Waals surface area (Å²) in [5.41, 5.74) is 0.273. The van der Waals surface area contributed by atoms with E-state index in [-0.39, 0.29) is 41.7 Å². The lowest BCUT2D eigenvalue weighted by Gasteiger charge is -2.33. The third-order valence-corrected chi connectivity index (χ3v) is 7.07. The zero-order valence-electron chi connectivity index (χ0n) is 17.2. The number of anilines is 1. The van der Waals surface area contributed by atoms with Gasteiger partial charge in [0.2, 0.25) is 15.9 Å². The van der Waals surface area contributed by atoms with E-state index in [4.69, 9.17) is 0 Å². The molecule has 0 atom stereocenters. The minimum absolute atomic E-state index is 0.0454. The van der Waals surface area contributed by atoms with Crippen molar-refractivity contribution in [2.24, 2.45) is 0 Å². The van der Waals surface area contributed by atoms with Crippen molar-refractivity contribution in [1.82, 2.24) is 9.21 Å². The zero-order valence-corrected chi connectivity index (χ0v) is 18.0. The number of piperazine rings is 1. The largest absolute Gasteiger partial charge is 0.340 e. The fourth-order valence-corrected chi connectivity index (χ4v) is 4.90. The van der Waals surface area contributed by atoms with E-state index in [1.807, 2.05) is 0 Å². The first kappa shape index (κ1) is 22.8. The van der Waals surface area contributed by atoms with Crippen LogP contribution in [0.1, 0.15) is 24.2 Å². The summed E-state index contributed by atoms with van der Waals surface area (Å²) in [7, 11) is -3.86. The van der Waals surface area contributed by atoms with E-state index in [0.29, 0.717) is 13.1 Å². The minimum atomic E-state index is -3.86. The first-order valence-corrected chi connectivity index (χ1v) is 11.2. The van der Waals surface area contributed by atoms with Gasteiger partial charge in [0.25, 0.3) is 5.91 Å². The summed E-state index contributed by atoms with van der Waals surface area (Å²) in [5.74, 6) is -2.75. The van der Waals surface area contributed by atoms with E-state index in [1.165, 1.54) is 46.5 Å². The number of benzene rings is 2. The second kappa shape index (κ2) is 9.11. The molecule has 0 radical (unpaired) electrons.